The van der Waals surface area contributed by atoms with E-state index < -0.39 is 17.0 Å². The third kappa shape index (κ3) is 17.6. The molecule has 5 N–H and O–H groups in total. The van der Waals surface area contributed by atoms with Gasteiger partial charge in [0.1, 0.15) is 10.9 Å². The van der Waals surface area contributed by atoms with E-state index in [0.717, 1.165) is 23.3 Å². The zero-order chi connectivity index (χ0) is 26.3. The van der Waals surface area contributed by atoms with E-state index in [9.17, 15) is 9.59 Å². The highest BCUT2D eigenvalue weighted by Crippen LogP contribution is 2.30. The summed E-state index contributed by atoms with van der Waals surface area (Å²) < 4.78 is 0.917. The van der Waals surface area contributed by atoms with Gasteiger partial charge in [0.25, 0.3) is 0 Å². The van der Waals surface area contributed by atoms with Gasteiger partial charge in [0.15, 0.2) is 5.12 Å². The second-order valence-electron chi connectivity index (χ2n) is 8.62. The van der Waals surface area contributed by atoms with Crippen molar-refractivity contribution in [2.24, 2.45) is 11.5 Å². The summed E-state index contributed by atoms with van der Waals surface area (Å²) in [5, 5.41) is 9.08. The normalized spacial score (nSPS) is 11.2. The maximum atomic E-state index is 11.1. The van der Waals surface area contributed by atoms with Crippen molar-refractivity contribution in [3.05, 3.63) is 29.3 Å². The minimum atomic E-state index is -1.05. The number of carboxylic acid groups (broad SMARTS) is 1. The first-order valence-corrected chi connectivity index (χ1v) is 14.4. The summed E-state index contributed by atoms with van der Waals surface area (Å²) in [7, 11) is 0. The van der Waals surface area contributed by atoms with Crippen molar-refractivity contribution in [3.8, 4) is 0 Å². The third-order valence-corrected chi connectivity index (χ3v) is 6.73. The van der Waals surface area contributed by atoms with Crippen LogP contribution in [-0.2, 0) is 9.59 Å². The highest BCUT2D eigenvalue weighted by Gasteiger charge is 2.25. The number of thiazole rings is 1. The molecule has 1 atom stereocenters. The highest BCUT2D eigenvalue weighted by atomic mass is 32.1. The molecule has 0 saturated carbocycles. The number of hydrogen-bond donors (Lipinski definition) is 4. The minimum Gasteiger partial charge on any atom is -0.481 e. The summed E-state index contributed by atoms with van der Waals surface area (Å²) in [6.45, 7) is 6.21. The molecule has 2 aromatic rings. The Morgan fingerprint density at radius 2 is 1.37 bits per heavy atom. The third-order valence-electron chi connectivity index (χ3n) is 5.40. The van der Waals surface area contributed by atoms with Crippen molar-refractivity contribution in [3.63, 3.8) is 0 Å². The lowest BCUT2D eigenvalue weighted by Crippen LogP contribution is -2.13. The summed E-state index contributed by atoms with van der Waals surface area (Å²) in [5.41, 5.74) is 11.4. The molecule has 6 nitrogen and oxygen atoms in total. The van der Waals surface area contributed by atoms with Gasteiger partial charge in [0, 0.05) is 6.42 Å². The molecule has 0 aliphatic rings. The van der Waals surface area contributed by atoms with Crippen LogP contribution in [0.4, 0.5) is 0 Å². The molecule has 1 aromatic carbocycles. The minimum absolute atomic E-state index is 0.141. The molecule has 0 radical (unpaired) electrons. The van der Waals surface area contributed by atoms with Crippen molar-refractivity contribution in [2.45, 2.75) is 103 Å². The zero-order valence-corrected chi connectivity index (χ0v) is 23.4. The van der Waals surface area contributed by atoms with Crippen LogP contribution in [0.15, 0.2) is 24.3 Å². The molecule has 0 bridgehead atoms. The summed E-state index contributed by atoms with van der Waals surface area (Å²) in [6, 6.07) is 7.39. The molecule has 0 fully saturated rings. The van der Waals surface area contributed by atoms with Crippen molar-refractivity contribution in [2.75, 3.05) is 13.1 Å². The van der Waals surface area contributed by atoms with E-state index >= 15 is 0 Å². The van der Waals surface area contributed by atoms with Crippen LogP contribution < -0.4 is 11.5 Å². The largest absolute Gasteiger partial charge is 0.481 e. The molecular weight excluding hydrogens is 478 g/mol. The lowest BCUT2D eigenvalue weighted by molar-refractivity contribution is -0.139. The number of benzene rings is 1. The molecule has 2 rings (SSSR count). The Hall–Kier alpha value is -1.48. The number of thiol groups is 1. The van der Waals surface area contributed by atoms with Gasteiger partial charge in [0.05, 0.1) is 10.2 Å². The number of nitrogens with two attached hydrogens (primary N) is 2. The van der Waals surface area contributed by atoms with Gasteiger partial charge in [-0.15, -0.1) is 24.0 Å². The Kier molecular flexibility index (Phi) is 22.0. The van der Waals surface area contributed by atoms with E-state index in [1.165, 1.54) is 88.4 Å². The second-order valence-corrected chi connectivity index (χ2v) is 10.2. The number of hydrogen-bond acceptors (Lipinski definition) is 6. The average Bonchev–Trinajstić information content (AvgIpc) is 3.27. The van der Waals surface area contributed by atoms with Gasteiger partial charge in [-0.2, -0.15) is 0 Å². The smallest absolute Gasteiger partial charge is 0.313 e. The lowest BCUT2D eigenvalue weighted by Gasteiger charge is -2.05. The van der Waals surface area contributed by atoms with E-state index in [0.29, 0.717) is 5.01 Å². The van der Waals surface area contributed by atoms with Gasteiger partial charge < -0.3 is 16.6 Å². The molecule has 0 spiro atoms. The first-order chi connectivity index (χ1) is 16.9. The number of para-hydroxylation sites is 1. The highest BCUT2D eigenvalue weighted by molar-refractivity contribution is 7.96. The van der Waals surface area contributed by atoms with Crippen LogP contribution in [0.3, 0.4) is 0 Å². The number of carbonyl (C=O) groups is 2. The molecule has 0 aliphatic carbocycles. The van der Waals surface area contributed by atoms with Crippen molar-refractivity contribution in [1.29, 1.82) is 0 Å². The number of rotatable bonds is 16. The fourth-order valence-corrected chi connectivity index (χ4v) is 4.59. The maximum absolute atomic E-state index is 11.1. The molecule has 0 aliphatic heterocycles. The Bertz CT molecular complexity index is 740. The van der Waals surface area contributed by atoms with Gasteiger partial charge in [-0.1, -0.05) is 90.2 Å². The van der Waals surface area contributed by atoms with Crippen LogP contribution in [0, 0.1) is 0 Å². The van der Waals surface area contributed by atoms with Crippen LogP contribution >= 0.6 is 24.0 Å². The molecule has 1 heterocycles. The standard InChI is InChI=1S/C11H9NO3S2.2C8H19N/c13-9(16)5-6(11(14)15)10-12-7-3-1-2-4-8(7)17-10;2*1-2-3-4-5-6-7-8-9/h1-4,6H,5H2,(H,13,16)(H,14,15);2*2-9H2,1H3. The summed E-state index contributed by atoms with van der Waals surface area (Å²) in [4.78, 5) is 26.3. The predicted octanol–water partition coefficient (Wildman–Crippen LogP) is 6.92. The van der Waals surface area contributed by atoms with E-state index in [-0.39, 0.29) is 6.42 Å². The number of fused-ring (bicyclic) bond motifs is 1. The summed E-state index contributed by atoms with van der Waals surface area (Å²) >= 11 is 4.92. The summed E-state index contributed by atoms with van der Waals surface area (Å²) in [5.74, 6) is -1.95. The quantitative estimate of drug-likeness (QED) is 0.139. The number of aliphatic carboxylic acids is 1. The molecule has 200 valence electrons. The molecule has 8 heteroatoms. The maximum Gasteiger partial charge on any atom is 0.313 e. The van der Waals surface area contributed by atoms with Crippen LogP contribution in [-0.4, -0.2) is 34.3 Å². The van der Waals surface area contributed by atoms with Gasteiger partial charge in [-0.05, 0) is 38.1 Å². The van der Waals surface area contributed by atoms with E-state index in [1.807, 2.05) is 24.3 Å². The van der Waals surface area contributed by atoms with Crippen LogP contribution in [0.25, 0.3) is 10.2 Å². The summed E-state index contributed by atoms with van der Waals surface area (Å²) in [6.07, 6.45) is 16.0. The Morgan fingerprint density at radius 3 is 1.80 bits per heavy atom. The molecule has 35 heavy (non-hydrogen) atoms. The van der Waals surface area contributed by atoms with Gasteiger partial charge in [-0.25, -0.2) is 4.98 Å². The number of carboxylic acids is 1. The first kappa shape index (κ1) is 33.5. The van der Waals surface area contributed by atoms with Crippen LogP contribution in [0.1, 0.15) is 108 Å². The number of aromatic nitrogens is 1. The van der Waals surface area contributed by atoms with Gasteiger partial charge in [0.2, 0.25) is 0 Å². The van der Waals surface area contributed by atoms with Gasteiger partial charge in [-0.3, -0.25) is 9.59 Å². The van der Waals surface area contributed by atoms with Crippen molar-refractivity contribution >= 4 is 45.3 Å². The first-order valence-electron chi connectivity index (χ1n) is 13.1. The van der Waals surface area contributed by atoms with Crippen LogP contribution in [0.2, 0.25) is 0 Å². The fourth-order valence-electron chi connectivity index (χ4n) is 3.34. The second kappa shape index (κ2) is 23.0. The van der Waals surface area contributed by atoms with E-state index in [4.69, 9.17) is 16.6 Å². The Morgan fingerprint density at radius 1 is 0.886 bits per heavy atom. The van der Waals surface area contributed by atoms with E-state index in [1.54, 1.807) is 0 Å². The van der Waals surface area contributed by atoms with Crippen molar-refractivity contribution in [1.82, 2.24) is 4.98 Å². The number of nitrogens with zero attached hydrogens (tertiary/aromatic N) is 1. The lowest BCUT2D eigenvalue weighted by atomic mass is 10.1. The van der Waals surface area contributed by atoms with E-state index in [2.05, 4.69) is 31.5 Å². The molecule has 0 amide bonds. The zero-order valence-electron chi connectivity index (χ0n) is 21.7. The molecule has 0 saturated heterocycles. The Labute approximate surface area is 221 Å². The number of unbranched alkanes of at least 4 members (excludes halogenated alkanes) is 10. The van der Waals surface area contributed by atoms with Gasteiger partial charge >= 0.3 is 5.97 Å². The number of carbonyl (C=O) groups excluding carboxylic acids is 1. The SMILES string of the molecule is CCCCCCCCN.CCCCCCCCN.O=C(S)CC(C(=O)O)c1nc2ccccc2s1. The van der Waals surface area contributed by atoms with Crippen LogP contribution in [0.5, 0.6) is 0 Å². The molecule has 1 aromatic heterocycles. The predicted molar refractivity (Wildman–Crippen MR) is 153 cm³/mol. The monoisotopic (exact) mass is 525 g/mol. The molecule has 1 unspecified atom stereocenters. The topological polar surface area (TPSA) is 119 Å². The average molecular weight is 526 g/mol. The van der Waals surface area contributed by atoms with Crippen molar-refractivity contribution < 1.29 is 14.7 Å². The Balaban J connectivity index is 0.000000549. The molecular formula is C27H47N3O3S2. The fraction of sp³-hybridized carbons (Fsp3) is 0.667.